The Hall–Kier alpha value is -2.63. The average Bonchev–Trinajstić information content (AvgIpc) is 3.13. The van der Waals surface area contributed by atoms with E-state index in [4.69, 9.17) is 9.68 Å². The molecule has 0 spiro atoms. The molecular weight excluding hydrogens is 366 g/mol. The summed E-state index contributed by atoms with van der Waals surface area (Å²) in [4.78, 5) is 14.1. The van der Waals surface area contributed by atoms with Crippen LogP contribution in [0.25, 0.3) is 0 Å². The van der Waals surface area contributed by atoms with Crippen LogP contribution in [-0.2, 0) is 21.4 Å². The van der Waals surface area contributed by atoms with E-state index in [0.29, 0.717) is 5.76 Å². The molecule has 0 saturated heterocycles. The van der Waals surface area contributed by atoms with Crippen molar-refractivity contribution in [3.63, 3.8) is 0 Å². The van der Waals surface area contributed by atoms with Crippen molar-refractivity contribution in [1.29, 1.82) is 5.26 Å². The number of hydrogen-bond donors (Lipinski definition) is 1. The molecule has 0 aliphatic carbocycles. The number of aryl methyl sites for hydroxylation is 2. The van der Waals surface area contributed by atoms with Crippen molar-refractivity contribution < 1.29 is 17.6 Å². The molecule has 0 unspecified atom stereocenters. The Morgan fingerprint density at radius 3 is 2.67 bits per heavy atom. The van der Waals surface area contributed by atoms with E-state index < -0.39 is 10.0 Å². The molecule has 1 heterocycles. The topological polar surface area (TPSA) is 103 Å². The largest absolute Gasteiger partial charge is 0.467 e. The highest BCUT2D eigenvalue weighted by Gasteiger charge is 2.18. The molecule has 27 heavy (non-hydrogen) atoms. The van der Waals surface area contributed by atoms with E-state index in [0.717, 1.165) is 11.1 Å². The molecule has 0 fully saturated rings. The predicted octanol–water partition coefficient (Wildman–Crippen LogP) is 2.51. The highest BCUT2D eigenvalue weighted by Crippen LogP contribution is 2.14. The zero-order valence-electron chi connectivity index (χ0n) is 15.4. The quantitative estimate of drug-likeness (QED) is 0.710. The van der Waals surface area contributed by atoms with Crippen molar-refractivity contribution in [2.24, 2.45) is 0 Å². The number of benzene rings is 1. The minimum Gasteiger partial charge on any atom is -0.467 e. The lowest BCUT2D eigenvalue weighted by molar-refractivity contribution is -0.131. The summed E-state index contributed by atoms with van der Waals surface area (Å²) < 4.78 is 32.5. The summed E-state index contributed by atoms with van der Waals surface area (Å²) in [6, 6.07) is 10.4. The fraction of sp³-hybridized carbons (Fsp3) is 0.368. The second-order valence-electron chi connectivity index (χ2n) is 6.20. The van der Waals surface area contributed by atoms with Gasteiger partial charge >= 0.3 is 0 Å². The van der Waals surface area contributed by atoms with Gasteiger partial charge in [-0.15, -0.1) is 0 Å². The number of nitrogens with zero attached hydrogens (tertiary/aromatic N) is 2. The van der Waals surface area contributed by atoms with Gasteiger partial charge in [0.15, 0.2) is 0 Å². The van der Waals surface area contributed by atoms with E-state index >= 15 is 0 Å². The maximum atomic E-state index is 12.4. The lowest BCUT2D eigenvalue weighted by atomic mass is 10.1. The van der Waals surface area contributed by atoms with Crippen LogP contribution < -0.4 is 4.72 Å². The van der Waals surface area contributed by atoms with Crippen LogP contribution in [0, 0.1) is 25.2 Å². The number of nitrogens with one attached hydrogen (secondary N) is 1. The minimum absolute atomic E-state index is 0.00376. The third kappa shape index (κ3) is 5.94. The third-order valence-electron chi connectivity index (χ3n) is 4.19. The van der Waals surface area contributed by atoms with Crippen LogP contribution in [0.5, 0.6) is 0 Å². The SMILES string of the molecule is Cc1ccc(S(=O)(=O)NCCC(=O)N(CCC#N)Cc2ccco2)cc1C. The fourth-order valence-electron chi connectivity index (χ4n) is 2.48. The molecule has 0 saturated carbocycles. The molecule has 0 aliphatic heterocycles. The summed E-state index contributed by atoms with van der Waals surface area (Å²) in [6.45, 7) is 4.25. The summed E-state index contributed by atoms with van der Waals surface area (Å²) in [5.74, 6) is 0.362. The predicted molar refractivity (Wildman–Crippen MR) is 100 cm³/mol. The zero-order chi connectivity index (χ0) is 19.9. The van der Waals surface area contributed by atoms with Crippen LogP contribution in [-0.4, -0.2) is 32.3 Å². The second-order valence-corrected chi connectivity index (χ2v) is 7.96. The third-order valence-corrected chi connectivity index (χ3v) is 5.65. The van der Waals surface area contributed by atoms with Gasteiger partial charge < -0.3 is 9.32 Å². The van der Waals surface area contributed by atoms with Crippen LogP contribution in [0.2, 0.25) is 0 Å². The molecule has 0 radical (unpaired) electrons. The molecule has 0 atom stereocenters. The van der Waals surface area contributed by atoms with Crippen molar-refractivity contribution in [2.75, 3.05) is 13.1 Å². The number of furan rings is 1. The summed E-state index contributed by atoms with van der Waals surface area (Å²) in [7, 11) is -3.68. The Labute approximate surface area is 159 Å². The van der Waals surface area contributed by atoms with E-state index in [9.17, 15) is 13.2 Å². The lowest BCUT2D eigenvalue weighted by Crippen LogP contribution is -2.34. The van der Waals surface area contributed by atoms with E-state index in [1.54, 1.807) is 30.3 Å². The van der Waals surface area contributed by atoms with Gasteiger partial charge in [0.05, 0.1) is 30.2 Å². The first-order valence-corrected chi connectivity index (χ1v) is 10.1. The summed E-state index contributed by atoms with van der Waals surface area (Å²) in [6.07, 6.45) is 1.71. The van der Waals surface area contributed by atoms with Gasteiger partial charge in [-0.25, -0.2) is 13.1 Å². The monoisotopic (exact) mass is 389 g/mol. The molecule has 8 heteroatoms. The van der Waals surface area contributed by atoms with Crippen molar-refractivity contribution in [3.05, 3.63) is 53.5 Å². The number of carbonyl (C=O) groups is 1. The van der Waals surface area contributed by atoms with Crippen molar-refractivity contribution in [1.82, 2.24) is 9.62 Å². The van der Waals surface area contributed by atoms with Gasteiger partial charge in [0.2, 0.25) is 15.9 Å². The minimum atomic E-state index is -3.68. The van der Waals surface area contributed by atoms with Gasteiger partial charge in [0, 0.05) is 19.5 Å². The van der Waals surface area contributed by atoms with Crippen molar-refractivity contribution >= 4 is 15.9 Å². The Balaban J connectivity index is 1.95. The normalized spacial score (nSPS) is 11.1. The van der Waals surface area contributed by atoms with E-state index in [1.165, 1.54) is 11.2 Å². The standard InChI is InChI=1S/C19H23N3O4S/c1-15-6-7-18(13-16(15)2)27(24,25)21-10-8-19(23)22(11-4-9-20)14-17-5-3-12-26-17/h3,5-7,12-13,21H,4,8,10-11,14H2,1-2H3. The summed E-state index contributed by atoms with van der Waals surface area (Å²) >= 11 is 0. The lowest BCUT2D eigenvalue weighted by Gasteiger charge is -2.20. The first-order valence-electron chi connectivity index (χ1n) is 8.57. The Kier molecular flexibility index (Phi) is 7.16. The Morgan fingerprint density at radius 2 is 2.04 bits per heavy atom. The molecule has 0 bridgehead atoms. The first kappa shape index (κ1) is 20.7. The molecule has 1 aromatic heterocycles. The second kappa shape index (κ2) is 9.35. The van der Waals surface area contributed by atoms with E-state index in [2.05, 4.69) is 4.72 Å². The highest BCUT2D eigenvalue weighted by atomic mass is 32.2. The van der Waals surface area contributed by atoms with Gasteiger partial charge in [0.25, 0.3) is 0 Å². The van der Waals surface area contributed by atoms with Crippen LogP contribution >= 0.6 is 0 Å². The van der Waals surface area contributed by atoms with Gasteiger partial charge in [-0.3, -0.25) is 4.79 Å². The van der Waals surface area contributed by atoms with Gasteiger partial charge in [-0.2, -0.15) is 5.26 Å². The van der Waals surface area contributed by atoms with Crippen LogP contribution in [0.1, 0.15) is 29.7 Å². The molecular formula is C19H23N3O4S. The number of amides is 1. The van der Waals surface area contributed by atoms with Gasteiger partial charge in [0.1, 0.15) is 5.76 Å². The van der Waals surface area contributed by atoms with Crippen molar-refractivity contribution in [2.45, 2.75) is 38.1 Å². The molecule has 1 aromatic carbocycles. The number of nitriles is 1. The highest BCUT2D eigenvalue weighted by molar-refractivity contribution is 7.89. The maximum absolute atomic E-state index is 12.4. The van der Waals surface area contributed by atoms with Crippen LogP contribution in [0.4, 0.5) is 0 Å². The van der Waals surface area contributed by atoms with Crippen LogP contribution in [0.15, 0.2) is 45.9 Å². The van der Waals surface area contributed by atoms with Crippen LogP contribution in [0.3, 0.4) is 0 Å². The Bertz CT molecular complexity index is 915. The summed E-state index contributed by atoms with van der Waals surface area (Å²) in [5.41, 5.74) is 1.89. The Morgan fingerprint density at radius 1 is 1.26 bits per heavy atom. The molecule has 0 aliphatic rings. The van der Waals surface area contributed by atoms with Gasteiger partial charge in [-0.05, 0) is 49.2 Å². The summed E-state index contributed by atoms with van der Waals surface area (Å²) in [5, 5.41) is 8.77. The molecule has 2 aromatic rings. The van der Waals surface area contributed by atoms with E-state index in [-0.39, 0.29) is 43.3 Å². The van der Waals surface area contributed by atoms with Crippen molar-refractivity contribution in [3.8, 4) is 6.07 Å². The molecule has 1 N–H and O–H groups in total. The number of sulfonamides is 1. The first-order chi connectivity index (χ1) is 12.8. The number of carbonyl (C=O) groups excluding carboxylic acids is 1. The smallest absolute Gasteiger partial charge is 0.240 e. The zero-order valence-corrected chi connectivity index (χ0v) is 16.3. The molecule has 7 nitrogen and oxygen atoms in total. The molecule has 2 rings (SSSR count). The average molecular weight is 389 g/mol. The number of rotatable bonds is 9. The fourth-order valence-corrected chi connectivity index (χ4v) is 3.60. The molecule has 144 valence electrons. The van der Waals surface area contributed by atoms with Gasteiger partial charge in [-0.1, -0.05) is 6.07 Å². The molecule has 1 amide bonds. The maximum Gasteiger partial charge on any atom is 0.240 e. The van der Waals surface area contributed by atoms with E-state index in [1.807, 2.05) is 19.9 Å². The number of hydrogen-bond acceptors (Lipinski definition) is 5.